The number of carbonyl (C=O) groups is 2. The van der Waals surface area contributed by atoms with Crippen LogP contribution in [0.25, 0.3) is 0 Å². The van der Waals surface area contributed by atoms with E-state index in [0.29, 0.717) is 25.2 Å². The number of alkyl halides is 3. The van der Waals surface area contributed by atoms with E-state index in [0.717, 1.165) is 19.7 Å². The first-order valence-corrected chi connectivity index (χ1v) is 11.6. The normalized spacial score (nSPS) is 18.6. The Morgan fingerprint density at radius 3 is 2.81 bits per heavy atom. The van der Waals surface area contributed by atoms with Gasteiger partial charge in [0.05, 0.1) is 30.5 Å². The molecule has 2 aromatic heterocycles. The number of hydrogen-bond donors (Lipinski definition) is 3. The predicted octanol–water partition coefficient (Wildman–Crippen LogP) is 1.79. The van der Waals surface area contributed by atoms with Crippen molar-refractivity contribution in [3.8, 4) is 5.88 Å². The van der Waals surface area contributed by atoms with Gasteiger partial charge in [-0.05, 0) is 12.8 Å². The van der Waals surface area contributed by atoms with Crippen molar-refractivity contribution in [2.45, 2.75) is 44.5 Å². The Hall–Kier alpha value is -3.59. The molecule has 2 amide bonds. The molecule has 12 nitrogen and oxygen atoms in total. The van der Waals surface area contributed by atoms with E-state index in [4.69, 9.17) is 9.84 Å². The van der Waals surface area contributed by atoms with Crippen molar-refractivity contribution >= 4 is 29.1 Å². The zero-order valence-electron chi connectivity index (χ0n) is 19.9. The van der Waals surface area contributed by atoms with Crippen LogP contribution in [0.2, 0.25) is 0 Å². The summed E-state index contributed by atoms with van der Waals surface area (Å²) in [6.45, 7) is 1.38. The third-order valence-corrected chi connectivity index (χ3v) is 6.11. The number of anilines is 3. The van der Waals surface area contributed by atoms with Gasteiger partial charge < -0.3 is 19.8 Å². The number of fused-ring (bicyclic) bond motifs is 4. The van der Waals surface area contributed by atoms with Crippen LogP contribution in [0.1, 0.15) is 36.8 Å². The average Bonchev–Trinajstić information content (AvgIpc) is 2.86. The van der Waals surface area contributed by atoms with E-state index in [1.807, 2.05) is 4.90 Å². The highest BCUT2D eigenvalue weighted by Crippen LogP contribution is 2.38. The lowest BCUT2D eigenvalue weighted by atomic mass is 10.00. The predicted molar refractivity (Wildman–Crippen MR) is 124 cm³/mol. The fourth-order valence-corrected chi connectivity index (χ4v) is 4.10. The van der Waals surface area contributed by atoms with Crippen LogP contribution in [0.5, 0.6) is 5.88 Å². The van der Waals surface area contributed by atoms with Crippen molar-refractivity contribution in [2.24, 2.45) is 5.92 Å². The summed E-state index contributed by atoms with van der Waals surface area (Å²) >= 11 is 0. The van der Waals surface area contributed by atoms with Crippen LogP contribution < -0.4 is 19.9 Å². The molecule has 2 aliphatic rings. The molecule has 0 radical (unpaired) electrons. The first kappa shape index (κ1) is 26.5. The number of hydrogen-bond acceptors (Lipinski definition) is 10. The summed E-state index contributed by atoms with van der Waals surface area (Å²) < 4.78 is 44.2. The Balaban J connectivity index is 1.57. The van der Waals surface area contributed by atoms with Crippen molar-refractivity contribution in [1.82, 2.24) is 19.9 Å². The monoisotopic (exact) mass is 525 g/mol. The second kappa shape index (κ2) is 10.8. The van der Waals surface area contributed by atoms with E-state index in [-0.39, 0.29) is 30.2 Å². The summed E-state index contributed by atoms with van der Waals surface area (Å²) in [5.41, 5.74) is 0.497. The third kappa shape index (κ3) is 6.05. The van der Waals surface area contributed by atoms with Crippen molar-refractivity contribution < 1.29 is 37.7 Å². The van der Waals surface area contributed by atoms with Crippen LogP contribution in [-0.4, -0.2) is 86.6 Å². The number of aromatic nitrogens is 4. The minimum Gasteiger partial charge on any atom is -0.475 e. The fourth-order valence-electron chi connectivity index (χ4n) is 4.10. The van der Waals surface area contributed by atoms with Crippen LogP contribution in [0.3, 0.4) is 0 Å². The first-order valence-electron chi connectivity index (χ1n) is 11.6. The molecular weight excluding hydrogens is 499 g/mol. The molecule has 2 aromatic rings. The molecule has 0 aliphatic carbocycles. The Bertz CT molecular complexity index is 1150. The van der Waals surface area contributed by atoms with Crippen molar-refractivity contribution in [3.63, 3.8) is 0 Å². The molecule has 15 heteroatoms. The van der Waals surface area contributed by atoms with Gasteiger partial charge in [-0.15, -0.1) is 0 Å². The lowest BCUT2D eigenvalue weighted by Crippen LogP contribution is -2.56. The van der Waals surface area contributed by atoms with Gasteiger partial charge in [-0.25, -0.2) is 24.7 Å². The van der Waals surface area contributed by atoms with Crippen LogP contribution in [0.15, 0.2) is 18.6 Å². The summed E-state index contributed by atoms with van der Waals surface area (Å²) in [5, 5.41) is 21.0. The van der Waals surface area contributed by atoms with Gasteiger partial charge in [0.25, 0.3) is 0 Å². The van der Waals surface area contributed by atoms with Gasteiger partial charge in [-0.1, -0.05) is 6.92 Å². The van der Waals surface area contributed by atoms with Crippen LogP contribution in [0.4, 0.5) is 35.3 Å². The number of ketones is 1. The molecule has 1 fully saturated rings. The lowest BCUT2D eigenvalue weighted by Gasteiger charge is -2.45. The van der Waals surface area contributed by atoms with E-state index < -0.39 is 48.9 Å². The van der Waals surface area contributed by atoms with Gasteiger partial charge >= 0.3 is 12.2 Å². The molecule has 0 saturated carbocycles. The van der Waals surface area contributed by atoms with Gasteiger partial charge in [0, 0.05) is 25.6 Å². The zero-order valence-corrected chi connectivity index (χ0v) is 19.9. The molecule has 4 heterocycles. The molecule has 4 rings (SSSR count). The van der Waals surface area contributed by atoms with Gasteiger partial charge in [0.2, 0.25) is 11.7 Å². The Labute approximate surface area is 209 Å². The minimum atomic E-state index is -4.53. The molecule has 0 aromatic carbocycles. The van der Waals surface area contributed by atoms with E-state index in [1.165, 1.54) is 17.2 Å². The summed E-state index contributed by atoms with van der Waals surface area (Å²) in [5.74, 6) is -2.87. The molecule has 1 saturated heterocycles. The third-order valence-electron chi connectivity index (χ3n) is 6.11. The van der Waals surface area contributed by atoms with Crippen molar-refractivity contribution in [2.75, 3.05) is 41.4 Å². The van der Waals surface area contributed by atoms with Gasteiger partial charge in [-0.3, -0.25) is 15.0 Å². The highest BCUT2D eigenvalue weighted by atomic mass is 19.4. The quantitative estimate of drug-likeness (QED) is 0.435. The molecule has 200 valence electrons. The maximum absolute atomic E-state index is 13.4. The number of nitrogens with zero attached hydrogens (tertiary/aromatic N) is 6. The maximum Gasteiger partial charge on any atom is 0.391 e. The summed E-state index contributed by atoms with van der Waals surface area (Å²) in [7, 11) is 0. The number of aliphatic hydroxyl groups is 2. The smallest absolute Gasteiger partial charge is 0.391 e. The fraction of sp³-hybridized carbons (Fsp3) is 0.545. The topological polar surface area (TPSA) is 154 Å². The van der Waals surface area contributed by atoms with Crippen LogP contribution >= 0.6 is 0 Å². The number of nitrogens with one attached hydrogen (secondary N) is 1. The molecule has 3 N–H and O–H groups in total. The largest absolute Gasteiger partial charge is 0.475 e. The van der Waals surface area contributed by atoms with E-state index in [9.17, 15) is 27.9 Å². The SMILES string of the molecule is C[C@@H](CC(=O)c1ncc2c(n1)N(C(=O)Nc1cc(OC[C@@H](O)CO)ncn1)[C@H]1CCCN2C1)C(F)(F)F. The Kier molecular flexibility index (Phi) is 7.73. The molecule has 0 spiro atoms. The lowest BCUT2D eigenvalue weighted by molar-refractivity contribution is -0.168. The van der Waals surface area contributed by atoms with E-state index >= 15 is 0 Å². The molecule has 37 heavy (non-hydrogen) atoms. The molecular formula is C22H26F3N7O5. The Morgan fingerprint density at radius 2 is 2.08 bits per heavy atom. The number of Topliss-reactive ketones (excluding diaryl/α,β-unsaturated/α-hetero) is 1. The number of ether oxygens (including phenoxy) is 1. The molecule has 2 bridgehead atoms. The van der Waals surface area contributed by atoms with Gasteiger partial charge in [0.15, 0.2) is 11.6 Å². The number of aliphatic hydroxyl groups excluding tert-OH is 2. The molecule has 2 aliphatic heterocycles. The number of urea groups is 1. The van der Waals surface area contributed by atoms with Gasteiger partial charge in [0.1, 0.15) is 24.9 Å². The van der Waals surface area contributed by atoms with E-state index in [1.54, 1.807) is 0 Å². The second-order valence-electron chi connectivity index (χ2n) is 8.90. The highest BCUT2D eigenvalue weighted by Gasteiger charge is 2.40. The van der Waals surface area contributed by atoms with Crippen LogP contribution in [-0.2, 0) is 0 Å². The number of halogens is 3. The van der Waals surface area contributed by atoms with Crippen LogP contribution in [0, 0.1) is 5.92 Å². The number of amides is 2. The number of rotatable bonds is 8. The minimum absolute atomic E-state index is 0.0506. The maximum atomic E-state index is 13.4. The highest BCUT2D eigenvalue weighted by molar-refractivity contribution is 6.04. The number of carbonyl (C=O) groups excluding carboxylic acids is 2. The number of piperidine rings is 1. The first-order chi connectivity index (χ1) is 17.6. The summed E-state index contributed by atoms with van der Waals surface area (Å²) in [6.07, 6.45) is -2.51. The van der Waals surface area contributed by atoms with E-state index in [2.05, 4.69) is 25.3 Å². The Morgan fingerprint density at radius 1 is 1.30 bits per heavy atom. The van der Waals surface area contributed by atoms with Crippen molar-refractivity contribution in [3.05, 3.63) is 24.4 Å². The van der Waals surface area contributed by atoms with Gasteiger partial charge in [-0.2, -0.15) is 13.2 Å². The molecule has 3 atom stereocenters. The average molecular weight is 525 g/mol. The van der Waals surface area contributed by atoms with Crippen molar-refractivity contribution in [1.29, 1.82) is 0 Å². The second-order valence-corrected chi connectivity index (χ2v) is 8.90. The standard InChI is InChI=1S/C22H26F3N7O5/c1-12(22(23,24)25)5-16(35)19-26-7-15-20(30-19)32(13-3-2-4-31(15)8-13)21(36)29-17-6-18(28-11-27-17)37-10-14(34)9-33/h6-7,11-14,33-34H,2-5,8-10H2,1H3,(H,27,28,29,36)/t12-,13-,14-/m0/s1. The summed E-state index contributed by atoms with van der Waals surface area (Å²) in [6, 6.07) is 0.409. The molecule has 0 unspecified atom stereocenters. The summed E-state index contributed by atoms with van der Waals surface area (Å²) in [4.78, 5) is 45.4. The zero-order chi connectivity index (χ0) is 26.7.